The summed E-state index contributed by atoms with van der Waals surface area (Å²) in [6.45, 7) is 0.235. The van der Waals surface area contributed by atoms with Gasteiger partial charge in [-0.25, -0.2) is 0 Å². The summed E-state index contributed by atoms with van der Waals surface area (Å²) < 4.78 is 5.58. The molecule has 6 heteroatoms. The molecule has 0 saturated carbocycles. The molecule has 0 aromatic heterocycles. The zero-order chi connectivity index (χ0) is 14.0. The number of nitrogen functional groups attached to an aromatic ring is 1. The molecule has 0 saturated heterocycles. The molecule has 0 amide bonds. The SMILES string of the molecule is Nc1cc(Cl)c(OCc2ccc(Cl)cc2Cl)c(Cl)c1. The summed E-state index contributed by atoms with van der Waals surface area (Å²) >= 11 is 23.9. The van der Waals surface area contributed by atoms with E-state index in [-0.39, 0.29) is 6.61 Å². The number of rotatable bonds is 3. The van der Waals surface area contributed by atoms with Crippen molar-refractivity contribution in [3.05, 3.63) is 56.0 Å². The lowest BCUT2D eigenvalue weighted by atomic mass is 10.2. The standard InChI is InChI=1S/C13H9Cl4NO/c14-8-2-1-7(10(15)3-8)6-19-13-11(16)4-9(18)5-12(13)17/h1-5H,6,18H2. The number of halogens is 4. The first-order chi connectivity index (χ1) is 8.97. The van der Waals surface area contributed by atoms with Gasteiger partial charge in [0.1, 0.15) is 6.61 Å². The van der Waals surface area contributed by atoms with Crippen molar-refractivity contribution < 1.29 is 4.74 Å². The molecule has 0 heterocycles. The lowest BCUT2D eigenvalue weighted by Gasteiger charge is -2.11. The van der Waals surface area contributed by atoms with Gasteiger partial charge in [-0.3, -0.25) is 0 Å². The highest BCUT2D eigenvalue weighted by Crippen LogP contribution is 2.36. The molecule has 0 radical (unpaired) electrons. The summed E-state index contributed by atoms with van der Waals surface area (Å²) in [5, 5.41) is 1.80. The van der Waals surface area contributed by atoms with Gasteiger partial charge in [0, 0.05) is 21.3 Å². The van der Waals surface area contributed by atoms with Crippen LogP contribution in [0.2, 0.25) is 20.1 Å². The molecule has 0 unspecified atom stereocenters. The van der Waals surface area contributed by atoms with Gasteiger partial charge in [-0.05, 0) is 24.3 Å². The maximum atomic E-state index is 6.05. The second-order valence-corrected chi connectivity index (χ2v) is 5.50. The third-order valence-electron chi connectivity index (χ3n) is 2.41. The maximum absolute atomic E-state index is 6.05. The molecule has 100 valence electrons. The fourth-order valence-electron chi connectivity index (χ4n) is 1.51. The Hall–Kier alpha value is -0.800. The van der Waals surface area contributed by atoms with E-state index in [1.165, 1.54) is 0 Å². The van der Waals surface area contributed by atoms with Gasteiger partial charge in [-0.2, -0.15) is 0 Å². The first-order valence-electron chi connectivity index (χ1n) is 5.28. The molecule has 0 spiro atoms. The highest BCUT2D eigenvalue weighted by Gasteiger charge is 2.10. The van der Waals surface area contributed by atoms with E-state index in [2.05, 4.69) is 0 Å². The smallest absolute Gasteiger partial charge is 0.157 e. The van der Waals surface area contributed by atoms with Gasteiger partial charge in [0.05, 0.1) is 10.0 Å². The molecule has 2 aromatic carbocycles. The predicted molar refractivity (Wildman–Crippen MR) is 81.7 cm³/mol. The average molecular weight is 337 g/mol. The van der Waals surface area contributed by atoms with Gasteiger partial charge in [-0.1, -0.05) is 52.5 Å². The average Bonchev–Trinajstić information content (AvgIpc) is 2.30. The van der Waals surface area contributed by atoms with Crippen molar-refractivity contribution in [2.45, 2.75) is 6.61 Å². The fraction of sp³-hybridized carbons (Fsp3) is 0.0769. The van der Waals surface area contributed by atoms with Crippen LogP contribution in [-0.4, -0.2) is 0 Å². The van der Waals surface area contributed by atoms with Crippen LogP contribution in [0.3, 0.4) is 0 Å². The molecule has 0 atom stereocenters. The lowest BCUT2D eigenvalue weighted by molar-refractivity contribution is 0.307. The Morgan fingerprint density at radius 2 is 1.53 bits per heavy atom. The number of benzene rings is 2. The Balaban J connectivity index is 2.19. The first-order valence-corrected chi connectivity index (χ1v) is 6.80. The second-order valence-electron chi connectivity index (χ2n) is 3.84. The Bertz CT molecular complexity index is 593. The first kappa shape index (κ1) is 14.6. The van der Waals surface area contributed by atoms with Crippen molar-refractivity contribution in [3.63, 3.8) is 0 Å². The molecule has 19 heavy (non-hydrogen) atoms. The largest absolute Gasteiger partial charge is 0.486 e. The van der Waals surface area contributed by atoms with Crippen LogP contribution < -0.4 is 10.5 Å². The minimum atomic E-state index is 0.235. The van der Waals surface area contributed by atoms with Crippen LogP contribution in [0.25, 0.3) is 0 Å². The molecule has 2 aromatic rings. The van der Waals surface area contributed by atoms with E-state index in [0.717, 1.165) is 5.56 Å². The van der Waals surface area contributed by atoms with E-state index in [9.17, 15) is 0 Å². The number of hydrogen-bond acceptors (Lipinski definition) is 2. The quantitative estimate of drug-likeness (QED) is 0.755. The fourth-order valence-corrected chi connectivity index (χ4v) is 2.58. The van der Waals surface area contributed by atoms with Gasteiger partial charge in [0.2, 0.25) is 0 Å². The maximum Gasteiger partial charge on any atom is 0.157 e. The minimum Gasteiger partial charge on any atom is -0.486 e. The molecule has 0 aliphatic carbocycles. The summed E-state index contributed by atoms with van der Waals surface area (Å²) in [5.41, 5.74) is 6.88. The lowest BCUT2D eigenvalue weighted by Crippen LogP contribution is -1.98. The van der Waals surface area contributed by atoms with E-state index < -0.39 is 0 Å². The van der Waals surface area contributed by atoms with Crippen molar-refractivity contribution in [1.29, 1.82) is 0 Å². The number of nitrogens with two attached hydrogens (primary N) is 1. The van der Waals surface area contributed by atoms with Crippen LogP contribution in [0.1, 0.15) is 5.56 Å². The van der Waals surface area contributed by atoms with Crippen molar-refractivity contribution in [2.75, 3.05) is 5.73 Å². The highest BCUT2D eigenvalue weighted by molar-refractivity contribution is 6.37. The topological polar surface area (TPSA) is 35.2 Å². The van der Waals surface area contributed by atoms with E-state index in [1.807, 2.05) is 0 Å². The number of anilines is 1. The predicted octanol–water partition coefficient (Wildman–Crippen LogP) is 5.46. The van der Waals surface area contributed by atoms with E-state index in [4.69, 9.17) is 56.9 Å². The summed E-state index contributed by atoms with van der Waals surface area (Å²) in [6.07, 6.45) is 0. The zero-order valence-electron chi connectivity index (χ0n) is 9.59. The monoisotopic (exact) mass is 335 g/mol. The normalized spacial score (nSPS) is 10.5. The second kappa shape index (κ2) is 6.10. The molecule has 2 rings (SSSR count). The molecule has 2 N–H and O–H groups in total. The van der Waals surface area contributed by atoms with Crippen LogP contribution in [0.15, 0.2) is 30.3 Å². The van der Waals surface area contributed by atoms with Crippen LogP contribution in [0.4, 0.5) is 5.69 Å². The minimum absolute atomic E-state index is 0.235. The molecule has 2 nitrogen and oxygen atoms in total. The van der Waals surface area contributed by atoms with Gasteiger partial charge in [0.25, 0.3) is 0 Å². The van der Waals surface area contributed by atoms with Crippen LogP contribution in [0.5, 0.6) is 5.75 Å². The van der Waals surface area contributed by atoms with Crippen LogP contribution in [0, 0.1) is 0 Å². The van der Waals surface area contributed by atoms with Gasteiger partial charge >= 0.3 is 0 Å². The Morgan fingerprint density at radius 3 is 2.11 bits per heavy atom. The van der Waals surface area contributed by atoms with Gasteiger partial charge in [0.15, 0.2) is 5.75 Å². The van der Waals surface area contributed by atoms with E-state index in [1.54, 1.807) is 30.3 Å². The number of ether oxygens (including phenoxy) is 1. The van der Waals surface area contributed by atoms with E-state index >= 15 is 0 Å². The molecular weight excluding hydrogens is 328 g/mol. The Kier molecular flexibility index (Phi) is 4.69. The van der Waals surface area contributed by atoms with Crippen molar-refractivity contribution >= 4 is 52.1 Å². The summed E-state index contributed by atoms with van der Waals surface area (Å²) in [6, 6.07) is 8.31. The van der Waals surface area contributed by atoms with E-state index in [0.29, 0.717) is 31.5 Å². The molecule has 0 fully saturated rings. The molecule has 0 bridgehead atoms. The summed E-state index contributed by atoms with van der Waals surface area (Å²) in [7, 11) is 0. The third kappa shape index (κ3) is 3.61. The molecular formula is C13H9Cl4NO. The summed E-state index contributed by atoms with van der Waals surface area (Å²) in [5.74, 6) is 0.378. The Morgan fingerprint density at radius 1 is 0.895 bits per heavy atom. The van der Waals surface area contributed by atoms with Crippen molar-refractivity contribution in [2.24, 2.45) is 0 Å². The molecule has 0 aliphatic rings. The molecule has 0 aliphatic heterocycles. The van der Waals surface area contributed by atoms with Gasteiger partial charge in [-0.15, -0.1) is 0 Å². The number of hydrogen-bond donors (Lipinski definition) is 1. The Labute approximate surface area is 131 Å². The van der Waals surface area contributed by atoms with Crippen molar-refractivity contribution in [1.82, 2.24) is 0 Å². The van der Waals surface area contributed by atoms with Gasteiger partial charge < -0.3 is 10.5 Å². The van der Waals surface area contributed by atoms with Crippen molar-refractivity contribution in [3.8, 4) is 5.75 Å². The summed E-state index contributed by atoms with van der Waals surface area (Å²) in [4.78, 5) is 0. The van der Waals surface area contributed by atoms with Crippen LogP contribution in [-0.2, 0) is 6.61 Å². The third-order valence-corrected chi connectivity index (χ3v) is 3.56. The highest BCUT2D eigenvalue weighted by atomic mass is 35.5. The van der Waals surface area contributed by atoms with Crippen LogP contribution >= 0.6 is 46.4 Å². The zero-order valence-corrected chi connectivity index (χ0v) is 12.6.